The summed E-state index contributed by atoms with van der Waals surface area (Å²) in [5.41, 5.74) is 2.60. The van der Waals surface area contributed by atoms with Gasteiger partial charge in [-0.3, -0.25) is 4.79 Å². The summed E-state index contributed by atoms with van der Waals surface area (Å²) in [6, 6.07) is 9.75. The Morgan fingerprint density at radius 3 is 2.35 bits per heavy atom. The monoisotopic (exact) mass is 272 g/mol. The predicted octanol–water partition coefficient (Wildman–Crippen LogP) is 2.49. The smallest absolute Gasteiger partial charge is 0.237 e. The van der Waals surface area contributed by atoms with Crippen LogP contribution in [0.25, 0.3) is 0 Å². The van der Waals surface area contributed by atoms with E-state index in [1.165, 1.54) is 36.8 Å². The van der Waals surface area contributed by atoms with Crippen LogP contribution < -0.4 is 5.32 Å². The van der Waals surface area contributed by atoms with Crippen LogP contribution in [-0.2, 0) is 17.8 Å². The van der Waals surface area contributed by atoms with E-state index in [1.54, 1.807) is 0 Å². The van der Waals surface area contributed by atoms with Crippen LogP contribution in [0.3, 0.4) is 0 Å². The fourth-order valence-electron chi connectivity index (χ4n) is 2.50. The number of nitrogens with one attached hydrogen (secondary N) is 1. The Bertz CT molecular complexity index is 460. The largest absolute Gasteiger partial charge is 0.334 e. The third kappa shape index (κ3) is 3.60. The highest BCUT2D eigenvalue weighted by Crippen LogP contribution is 2.28. The van der Waals surface area contributed by atoms with Crippen LogP contribution in [0.1, 0.15) is 43.7 Å². The number of carbonyl (C=O) groups is 1. The molecule has 2 fully saturated rings. The summed E-state index contributed by atoms with van der Waals surface area (Å²) in [4.78, 5) is 14.4. The standard InChI is InChI=1S/C17H24N2O/c1-2-13-3-5-14(6-4-13)12-19(16-9-10-16)17(20)11-18-15-7-8-15/h3-6,15-16,18H,2,7-12H2,1H3. The van der Waals surface area contributed by atoms with Crippen molar-refractivity contribution in [1.29, 1.82) is 0 Å². The lowest BCUT2D eigenvalue weighted by molar-refractivity contribution is -0.131. The van der Waals surface area contributed by atoms with Gasteiger partial charge in [-0.1, -0.05) is 31.2 Å². The number of benzene rings is 1. The molecule has 1 amide bonds. The summed E-state index contributed by atoms with van der Waals surface area (Å²) in [6.07, 6.45) is 5.87. The maximum atomic E-state index is 12.3. The highest BCUT2D eigenvalue weighted by Gasteiger charge is 2.33. The molecule has 0 aliphatic heterocycles. The van der Waals surface area contributed by atoms with Gasteiger partial charge in [-0.2, -0.15) is 0 Å². The van der Waals surface area contributed by atoms with Crippen molar-refractivity contribution in [3.05, 3.63) is 35.4 Å². The van der Waals surface area contributed by atoms with Crippen molar-refractivity contribution >= 4 is 5.91 Å². The van der Waals surface area contributed by atoms with Gasteiger partial charge < -0.3 is 10.2 Å². The Kier molecular flexibility index (Phi) is 4.06. The Morgan fingerprint density at radius 2 is 1.80 bits per heavy atom. The third-order valence-corrected chi connectivity index (χ3v) is 4.21. The second kappa shape index (κ2) is 5.96. The lowest BCUT2D eigenvalue weighted by atomic mass is 10.1. The van der Waals surface area contributed by atoms with E-state index in [-0.39, 0.29) is 5.91 Å². The van der Waals surface area contributed by atoms with Gasteiger partial charge in [-0.05, 0) is 43.2 Å². The Balaban J connectivity index is 1.59. The first-order valence-corrected chi connectivity index (χ1v) is 7.87. The number of amides is 1. The first kappa shape index (κ1) is 13.6. The summed E-state index contributed by atoms with van der Waals surface area (Å²) in [5.74, 6) is 0.263. The lowest BCUT2D eigenvalue weighted by Crippen LogP contribution is -2.39. The van der Waals surface area contributed by atoms with Crippen LogP contribution in [0, 0.1) is 0 Å². The molecule has 0 unspecified atom stereocenters. The van der Waals surface area contributed by atoms with Crippen molar-refractivity contribution in [3.8, 4) is 0 Å². The molecule has 0 atom stereocenters. The maximum Gasteiger partial charge on any atom is 0.237 e. The number of nitrogens with zero attached hydrogens (tertiary/aromatic N) is 1. The molecule has 0 aromatic heterocycles. The van der Waals surface area contributed by atoms with Crippen LogP contribution in [-0.4, -0.2) is 29.4 Å². The maximum absolute atomic E-state index is 12.3. The molecule has 3 heteroatoms. The summed E-state index contributed by atoms with van der Waals surface area (Å²) < 4.78 is 0. The van der Waals surface area contributed by atoms with E-state index in [0.717, 1.165) is 13.0 Å². The van der Waals surface area contributed by atoms with E-state index in [0.29, 0.717) is 18.6 Å². The second-order valence-corrected chi connectivity index (χ2v) is 6.08. The summed E-state index contributed by atoms with van der Waals surface area (Å²) in [7, 11) is 0. The molecule has 0 spiro atoms. The van der Waals surface area contributed by atoms with Crippen LogP contribution in [0.15, 0.2) is 24.3 Å². The van der Waals surface area contributed by atoms with Crippen LogP contribution in [0.5, 0.6) is 0 Å². The van der Waals surface area contributed by atoms with Gasteiger partial charge in [0.15, 0.2) is 0 Å². The third-order valence-electron chi connectivity index (χ3n) is 4.21. The van der Waals surface area contributed by atoms with Crippen molar-refractivity contribution in [2.75, 3.05) is 6.54 Å². The predicted molar refractivity (Wildman–Crippen MR) is 80.4 cm³/mol. The number of hydrogen-bond acceptors (Lipinski definition) is 2. The van der Waals surface area contributed by atoms with Gasteiger partial charge in [-0.15, -0.1) is 0 Å². The van der Waals surface area contributed by atoms with Crippen LogP contribution >= 0.6 is 0 Å². The molecule has 20 heavy (non-hydrogen) atoms. The molecular formula is C17H24N2O. The molecule has 3 nitrogen and oxygen atoms in total. The molecule has 2 aliphatic carbocycles. The highest BCUT2D eigenvalue weighted by molar-refractivity contribution is 5.79. The van der Waals surface area contributed by atoms with Gasteiger partial charge in [0, 0.05) is 18.6 Å². The van der Waals surface area contributed by atoms with Gasteiger partial charge in [0.2, 0.25) is 5.91 Å². The fraction of sp³-hybridized carbons (Fsp3) is 0.588. The zero-order valence-electron chi connectivity index (χ0n) is 12.3. The van der Waals surface area contributed by atoms with E-state index in [1.807, 2.05) is 0 Å². The Morgan fingerprint density at radius 1 is 1.15 bits per heavy atom. The van der Waals surface area contributed by atoms with Gasteiger partial charge in [0.05, 0.1) is 6.54 Å². The summed E-state index contributed by atoms with van der Waals surface area (Å²) in [6.45, 7) is 3.44. The minimum Gasteiger partial charge on any atom is -0.334 e. The topological polar surface area (TPSA) is 32.3 Å². The van der Waals surface area contributed by atoms with E-state index in [4.69, 9.17) is 0 Å². The average Bonchev–Trinajstić information content (AvgIpc) is 3.36. The minimum absolute atomic E-state index is 0.263. The van der Waals surface area contributed by atoms with Gasteiger partial charge in [0.1, 0.15) is 0 Å². The van der Waals surface area contributed by atoms with E-state index in [2.05, 4.69) is 41.4 Å². The van der Waals surface area contributed by atoms with Crippen LogP contribution in [0.2, 0.25) is 0 Å². The molecule has 0 heterocycles. The zero-order valence-corrected chi connectivity index (χ0v) is 12.3. The molecule has 0 saturated heterocycles. The molecule has 1 aromatic carbocycles. The number of aryl methyl sites for hydroxylation is 1. The quantitative estimate of drug-likeness (QED) is 0.827. The first-order valence-electron chi connectivity index (χ1n) is 7.87. The van der Waals surface area contributed by atoms with Crippen molar-refractivity contribution in [3.63, 3.8) is 0 Å². The van der Waals surface area contributed by atoms with Crippen molar-refractivity contribution in [2.24, 2.45) is 0 Å². The summed E-state index contributed by atoms with van der Waals surface area (Å²) in [5, 5.41) is 3.33. The molecule has 108 valence electrons. The zero-order chi connectivity index (χ0) is 13.9. The molecule has 3 rings (SSSR count). The molecule has 0 bridgehead atoms. The number of carbonyl (C=O) groups excluding carboxylic acids is 1. The number of rotatable bonds is 7. The van der Waals surface area contributed by atoms with E-state index < -0.39 is 0 Å². The van der Waals surface area contributed by atoms with Gasteiger partial charge in [-0.25, -0.2) is 0 Å². The SMILES string of the molecule is CCc1ccc(CN(C(=O)CNC2CC2)C2CC2)cc1. The van der Waals surface area contributed by atoms with E-state index in [9.17, 15) is 4.79 Å². The molecule has 1 aromatic rings. The van der Waals surface area contributed by atoms with E-state index >= 15 is 0 Å². The summed E-state index contributed by atoms with van der Waals surface area (Å²) >= 11 is 0. The molecule has 2 saturated carbocycles. The first-order chi connectivity index (χ1) is 9.76. The molecule has 2 aliphatic rings. The van der Waals surface area contributed by atoms with Crippen molar-refractivity contribution in [2.45, 2.75) is 57.7 Å². The average molecular weight is 272 g/mol. The molecular weight excluding hydrogens is 248 g/mol. The lowest BCUT2D eigenvalue weighted by Gasteiger charge is -2.23. The van der Waals surface area contributed by atoms with Crippen molar-refractivity contribution < 1.29 is 4.79 Å². The highest BCUT2D eigenvalue weighted by atomic mass is 16.2. The van der Waals surface area contributed by atoms with Gasteiger partial charge in [0.25, 0.3) is 0 Å². The fourth-order valence-corrected chi connectivity index (χ4v) is 2.50. The normalized spacial score (nSPS) is 18.1. The van der Waals surface area contributed by atoms with Gasteiger partial charge >= 0.3 is 0 Å². The molecule has 1 N–H and O–H groups in total. The number of hydrogen-bond donors (Lipinski definition) is 1. The van der Waals surface area contributed by atoms with Crippen molar-refractivity contribution in [1.82, 2.24) is 10.2 Å². The minimum atomic E-state index is 0.263. The second-order valence-electron chi connectivity index (χ2n) is 6.08. The molecule has 0 radical (unpaired) electrons. The Labute approximate surface area is 121 Å². The van der Waals surface area contributed by atoms with Crippen LogP contribution in [0.4, 0.5) is 0 Å². The Hall–Kier alpha value is -1.35.